The Labute approximate surface area is 88.7 Å². The number of nitrogens with zero attached hydrogens (tertiary/aromatic N) is 2. The fourth-order valence-electron chi connectivity index (χ4n) is 1.61. The number of rotatable bonds is 2. The van der Waals surface area contributed by atoms with Gasteiger partial charge in [-0.3, -0.25) is 4.57 Å². The monoisotopic (exact) mass is 210 g/mol. The standard InChI is InChI=1S/C10H18N4O/c1-10(2,3)7(11)8-12-13-9(15)14(8)6-4-5-6/h6-7H,4-5,11H2,1-3H3,(H,13,15)/t7-/m1/s1. The smallest absolute Gasteiger partial charge is 0.321 e. The van der Waals surface area contributed by atoms with Gasteiger partial charge >= 0.3 is 5.69 Å². The summed E-state index contributed by atoms with van der Waals surface area (Å²) in [6.45, 7) is 6.15. The van der Waals surface area contributed by atoms with Crippen molar-refractivity contribution in [3.8, 4) is 0 Å². The average Bonchev–Trinajstić information content (AvgIpc) is 2.88. The Morgan fingerprint density at radius 2 is 2.13 bits per heavy atom. The van der Waals surface area contributed by atoms with E-state index < -0.39 is 0 Å². The van der Waals surface area contributed by atoms with Gasteiger partial charge in [-0.25, -0.2) is 9.89 Å². The molecule has 1 aliphatic rings. The van der Waals surface area contributed by atoms with Crippen molar-refractivity contribution in [3.05, 3.63) is 16.3 Å². The summed E-state index contributed by atoms with van der Waals surface area (Å²) in [5.74, 6) is 0.690. The van der Waals surface area contributed by atoms with Gasteiger partial charge in [0.15, 0.2) is 5.82 Å². The van der Waals surface area contributed by atoms with Gasteiger partial charge in [-0.1, -0.05) is 20.8 Å². The van der Waals surface area contributed by atoms with Crippen LogP contribution in [0, 0.1) is 5.41 Å². The molecule has 0 bridgehead atoms. The maximum Gasteiger partial charge on any atom is 0.343 e. The molecular formula is C10H18N4O. The Balaban J connectivity index is 2.40. The van der Waals surface area contributed by atoms with Crippen LogP contribution in [-0.4, -0.2) is 14.8 Å². The van der Waals surface area contributed by atoms with E-state index >= 15 is 0 Å². The summed E-state index contributed by atoms with van der Waals surface area (Å²) in [4.78, 5) is 11.5. The van der Waals surface area contributed by atoms with E-state index in [1.165, 1.54) is 0 Å². The SMILES string of the molecule is CC(C)(C)[C@H](N)c1n[nH]c(=O)n1C1CC1. The Hall–Kier alpha value is -1.10. The van der Waals surface area contributed by atoms with Gasteiger partial charge in [-0.15, -0.1) is 0 Å². The number of hydrogen-bond donors (Lipinski definition) is 2. The molecule has 1 saturated carbocycles. The summed E-state index contributed by atoms with van der Waals surface area (Å²) < 4.78 is 1.72. The Morgan fingerprint density at radius 1 is 1.53 bits per heavy atom. The van der Waals surface area contributed by atoms with Gasteiger partial charge in [-0.05, 0) is 18.3 Å². The van der Waals surface area contributed by atoms with E-state index in [1.807, 2.05) is 20.8 Å². The quantitative estimate of drug-likeness (QED) is 0.763. The highest BCUT2D eigenvalue weighted by Crippen LogP contribution is 2.37. The number of nitrogens with two attached hydrogens (primary N) is 1. The van der Waals surface area contributed by atoms with Gasteiger partial charge in [0.25, 0.3) is 0 Å². The molecule has 0 radical (unpaired) electrons. The zero-order chi connectivity index (χ0) is 11.2. The van der Waals surface area contributed by atoms with Crippen molar-refractivity contribution in [2.75, 3.05) is 0 Å². The topological polar surface area (TPSA) is 76.7 Å². The second-order valence-electron chi connectivity index (χ2n) is 5.33. The van der Waals surface area contributed by atoms with Crippen molar-refractivity contribution in [1.29, 1.82) is 0 Å². The van der Waals surface area contributed by atoms with E-state index in [9.17, 15) is 4.79 Å². The van der Waals surface area contributed by atoms with Crippen LogP contribution in [0.25, 0.3) is 0 Å². The minimum Gasteiger partial charge on any atom is -0.321 e. The zero-order valence-electron chi connectivity index (χ0n) is 9.45. The first kappa shape index (κ1) is 10.4. The minimum atomic E-state index is -0.211. The van der Waals surface area contributed by atoms with E-state index in [0.29, 0.717) is 11.9 Å². The lowest BCUT2D eigenvalue weighted by Gasteiger charge is -2.26. The zero-order valence-corrected chi connectivity index (χ0v) is 9.45. The van der Waals surface area contributed by atoms with Crippen molar-refractivity contribution in [2.45, 2.75) is 45.7 Å². The van der Waals surface area contributed by atoms with Crippen molar-refractivity contribution >= 4 is 0 Å². The first-order chi connectivity index (χ1) is 6.91. The predicted molar refractivity (Wildman–Crippen MR) is 57.5 cm³/mol. The van der Waals surface area contributed by atoms with E-state index in [4.69, 9.17) is 5.73 Å². The third-order valence-corrected chi connectivity index (χ3v) is 2.85. The first-order valence-corrected chi connectivity index (χ1v) is 5.33. The third-order valence-electron chi connectivity index (χ3n) is 2.85. The first-order valence-electron chi connectivity index (χ1n) is 5.33. The van der Waals surface area contributed by atoms with Gasteiger partial charge in [0, 0.05) is 6.04 Å². The van der Waals surface area contributed by atoms with Gasteiger partial charge in [0.1, 0.15) is 0 Å². The molecule has 1 heterocycles. The number of nitrogens with one attached hydrogen (secondary N) is 1. The number of aromatic nitrogens is 3. The van der Waals surface area contributed by atoms with Crippen LogP contribution in [0.5, 0.6) is 0 Å². The molecule has 1 aliphatic carbocycles. The highest BCUT2D eigenvalue weighted by Gasteiger charge is 2.33. The van der Waals surface area contributed by atoms with Gasteiger partial charge < -0.3 is 5.73 Å². The molecule has 1 aromatic rings. The summed E-state index contributed by atoms with van der Waals surface area (Å²) in [5.41, 5.74) is 5.89. The molecule has 3 N–H and O–H groups in total. The van der Waals surface area contributed by atoms with Crippen molar-refractivity contribution in [2.24, 2.45) is 11.1 Å². The molecule has 5 nitrogen and oxygen atoms in total. The van der Waals surface area contributed by atoms with E-state index in [0.717, 1.165) is 12.8 Å². The molecule has 0 unspecified atom stereocenters. The Morgan fingerprint density at radius 3 is 2.60 bits per heavy atom. The minimum absolute atomic E-state index is 0.0850. The van der Waals surface area contributed by atoms with Crippen molar-refractivity contribution in [3.63, 3.8) is 0 Å². The highest BCUT2D eigenvalue weighted by atomic mass is 16.1. The predicted octanol–water partition coefficient (Wildman–Crippen LogP) is 0.952. The second kappa shape index (κ2) is 3.20. The second-order valence-corrected chi connectivity index (χ2v) is 5.33. The van der Waals surface area contributed by atoms with Gasteiger partial charge in [-0.2, -0.15) is 5.10 Å². The summed E-state index contributed by atoms with van der Waals surface area (Å²) >= 11 is 0. The molecule has 0 amide bonds. The Bertz CT molecular complexity index is 408. The molecule has 1 fully saturated rings. The molecule has 84 valence electrons. The third kappa shape index (κ3) is 1.84. The lowest BCUT2D eigenvalue weighted by Crippen LogP contribution is -2.31. The molecule has 15 heavy (non-hydrogen) atoms. The van der Waals surface area contributed by atoms with Crippen LogP contribution in [0.4, 0.5) is 0 Å². The highest BCUT2D eigenvalue weighted by molar-refractivity contribution is 5.03. The van der Waals surface area contributed by atoms with Crippen LogP contribution in [-0.2, 0) is 0 Å². The van der Waals surface area contributed by atoms with Crippen molar-refractivity contribution < 1.29 is 0 Å². The molecular weight excluding hydrogens is 192 g/mol. The maximum absolute atomic E-state index is 11.5. The van der Waals surface area contributed by atoms with Crippen LogP contribution < -0.4 is 11.4 Å². The summed E-state index contributed by atoms with van der Waals surface area (Å²) in [7, 11) is 0. The number of H-pyrrole nitrogens is 1. The van der Waals surface area contributed by atoms with Crippen LogP contribution in [0.2, 0.25) is 0 Å². The fourth-order valence-corrected chi connectivity index (χ4v) is 1.61. The fraction of sp³-hybridized carbons (Fsp3) is 0.800. The largest absolute Gasteiger partial charge is 0.343 e. The van der Waals surface area contributed by atoms with E-state index in [-0.39, 0.29) is 17.1 Å². The lowest BCUT2D eigenvalue weighted by atomic mass is 9.87. The van der Waals surface area contributed by atoms with Crippen LogP contribution in [0.15, 0.2) is 4.79 Å². The normalized spacial score (nSPS) is 19.2. The summed E-state index contributed by atoms with van der Waals surface area (Å²) in [5, 5.41) is 6.53. The Kier molecular flexibility index (Phi) is 2.22. The molecule has 1 aromatic heterocycles. The van der Waals surface area contributed by atoms with E-state index in [1.54, 1.807) is 4.57 Å². The molecule has 2 rings (SSSR count). The molecule has 0 aliphatic heterocycles. The average molecular weight is 210 g/mol. The molecule has 1 atom stereocenters. The van der Waals surface area contributed by atoms with Crippen molar-refractivity contribution in [1.82, 2.24) is 14.8 Å². The maximum atomic E-state index is 11.5. The van der Waals surface area contributed by atoms with Crippen LogP contribution in [0.3, 0.4) is 0 Å². The lowest BCUT2D eigenvalue weighted by molar-refractivity contribution is 0.306. The summed E-state index contributed by atoms with van der Waals surface area (Å²) in [6, 6.07) is 0.108. The summed E-state index contributed by atoms with van der Waals surface area (Å²) in [6.07, 6.45) is 2.12. The van der Waals surface area contributed by atoms with E-state index in [2.05, 4.69) is 10.2 Å². The van der Waals surface area contributed by atoms with Crippen LogP contribution >= 0.6 is 0 Å². The van der Waals surface area contributed by atoms with Crippen LogP contribution in [0.1, 0.15) is 51.5 Å². The van der Waals surface area contributed by atoms with Gasteiger partial charge in [0.05, 0.1) is 6.04 Å². The molecule has 5 heteroatoms. The number of aromatic amines is 1. The molecule has 0 aromatic carbocycles. The van der Waals surface area contributed by atoms with Gasteiger partial charge in [0.2, 0.25) is 0 Å². The molecule has 0 spiro atoms. The molecule has 0 saturated heterocycles. The number of hydrogen-bond acceptors (Lipinski definition) is 3.